The van der Waals surface area contributed by atoms with Crippen LogP contribution in [0.15, 0.2) is 109 Å². The fourth-order valence-electron chi connectivity index (χ4n) is 9.40. The molecule has 80 heavy (non-hydrogen) atoms. The SMILES string of the molecule is CC/C=C\C/C=C\C/C=C\C/C=C\C/C=C\C/C=C\C/C=C\C/C=C\C/C=C\CCCC(=O)NC(COP(=O)(O)OCC[N+](C)(C)C)C(O)CCCCCCCCCCCCCCCCCCCCCCCCCCCCCCC. The minimum absolute atomic E-state index is 0.0581. The van der Waals surface area contributed by atoms with Gasteiger partial charge in [0, 0.05) is 6.42 Å². The molecule has 0 rings (SSSR count). The third-order valence-corrected chi connectivity index (χ3v) is 15.5. The summed E-state index contributed by atoms with van der Waals surface area (Å²) >= 11 is 0. The summed E-state index contributed by atoms with van der Waals surface area (Å²) in [6, 6.07) is -0.802. The number of rotatable bonds is 60. The van der Waals surface area contributed by atoms with Gasteiger partial charge in [0.1, 0.15) is 13.2 Å². The molecule has 0 bridgehead atoms. The lowest BCUT2D eigenvalue weighted by atomic mass is 10.0. The minimum Gasteiger partial charge on any atom is -0.391 e. The fraction of sp³-hybridized carbons (Fsp3) is 0.732. The summed E-state index contributed by atoms with van der Waals surface area (Å²) < 4.78 is 23.8. The summed E-state index contributed by atoms with van der Waals surface area (Å²) in [5.41, 5.74) is 0. The number of amides is 1. The van der Waals surface area contributed by atoms with Gasteiger partial charge in [-0.1, -0.05) is 309 Å². The summed E-state index contributed by atoms with van der Waals surface area (Å²) in [5.74, 6) is -0.203. The van der Waals surface area contributed by atoms with Crippen LogP contribution in [-0.2, 0) is 18.4 Å². The lowest BCUT2D eigenvalue weighted by molar-refractivity contribution is -0.870. The van der Waals surface area contributed by atoms with Gasteiger partial charge in [-0.3, -0.25) is 13.8 Å². The Hall–Kier alpha value is -2.84. The Kier molecular flexibility index (Phi) is 58.6. The molecule has 0 saturated heterocycles. The molecule has 0 aromatic carbocycles. The average molecular weight is 1140 g/mol. The summed E-state index contributed by atoms with van der Waals surface area (Å²) in [5, 5.41) is 14.1. The van der Waals surface area contributed by atoms with Gasteiger partial charge in [0.15, 0.2) is 0 Å². The van der Waals surface area contributed by atoms with Crippen molar-refractivity contribution in [3.8, 4) is 0 Å². The van der Waals surface area contributed by atoms with E-state index in [1.807, 2.05) is 21.1 Å². The van der Waals surface area contributed by atoms with Crippen molar-refractivity contribution >= 4 is 13.7 Å². The van der Waals surface area contributed by atoms with Gasteiger partial charge in [-0.25, -0.2) is 4.57 Å². The molecule has 1 amide bonds. The molecule has 0 radical (unpaired) electrons. The van der Waals surface area contributed by atoms with Gasteiger partial charge in [0.05, 0.1) is 39.9 Å². The van der Waals surface area contributed by atoms with E-state index < -0.39 is 20.0 Å². The zero-order valence-corrected chi connectivity index (χ0v) is 53.7. The number of aliphatic hydroxyl groups excluding tert-OH is 1. The molecule has 0 aliphatic carbocycles. The van der Waals surface area contributed by atoms with E-state index >= 15 is 0 Å². The van der Waals surface area contributed by atoms with E-state index in [2.05, 4.69) is 129 Å². The highest BCUT2D eigenvalue weighted by atomic mass is 31.2. The van der Waals surface area contributed by atoms with Gasteiger partial charge >= 0.3 is 7.82 Å². The molecular weight excluding hydrogens is 1010 g/mol. The quantitative estimate of drug-likeness (QED) is 0.0243. The zero-order valence-electron chi connectivity index (χ0n) is 52.8. The van der Waals surface area contributed by atoms with Gasteiger partial charge in [0.2, 0.25) is 5.91 Å². The van der Waals surface area contributed by atoms with E-state index in [0.717, 1.165) is 83.5 Å². The van der Waals surface area contributed by atoms with E-state index in [0.29, 0.717) is 30.3 Å². The number of nitrogens with zero attached hydrogens (tertiary/aromatic N) is 1. The highest BCUT2D eigenvalue weighted by Gasteiger charge is 2.28. The first-order chi connectivity index (χ1) is 39.0. The summed E-state index contributed by atoms with van der Waals surface area (Å²) in [6.45, 7) is 4.75. The Balaban J connectivity index is 4.21. The van der Waals surface area contributed by atoms with Crippen LogP contribution in [0.2, 0.25) is 0 Å². The molecule has 0 aliphatic heterocycles. The van der Waals surface area contributed by atoms with Crippen LogP contribution in [0.3, 0.4) is 0 Å². The van der Waals surface area contributed by atoms with Crippen molar-refractivity contribution in [3.05, 3.63) is 109 Å². The second-order valence-electron chi connectivity index (χ2n) is 23.5. The second kappa shape index (κ2) is 60.7. The van der Waals surface area contributed by atoms with Crippen molar-refractivity contribution in [1.82, 2.24) is 5.32 Å². The number of phosphoric ester groups is 1. The average Bonchev–Trinajstić information content (AvgIpc) is 3.42. The number of quaternary nitrogens is 1. The van der Waals surface area contributed by atoms with Gasteiger partial charge in [-0.15, -0.1) is 0 Å². The van der Waals surface area contributed by atoms with Crippen LogP contribution in [0.25, 0.3) is 0 Å². The molecule has 0 aromatic rings. The number of carbonyl (C=O) groups excluding carboxylic acids is 1. The number of aliphatic hydroxyl groups is 1. The van der Waals surface area contributed by atoms with E-state index in [1.165, 1.54) is 167 Å². The molecule has 0 heterocycles. The van der Waals surface area contributed by atoms with Crippen LogP contribution in [0.5, 0.6) is 0 Å². The maximum atomic E-state index is 13.0. The van der Waals surface area contributed by atoms with Crippen LogP contribution in [0, 0.1) is 0 Å². The molecule has 3 atom stereocenters. The molecule has 0 aromatic heterocycles. The molecular formula is C71H128N2O6P+. The first-order valence-corrected chi connectivity index (χ1v) is 34.7. The Bertz CT molecular complexity index is 1670. The smallest absolute Gasteiger partial charge is 0.391 e. The molecule has 0 aliphatic rings. The number of phosphoric acid groups is 1. The lowest BCUT2D eigenvalue weighted by Gasteiger charge is -2.26. The van der Waals surface area contributed by atoms with E-state index in [4.69, 9.17) is 9.05 Å². The largest absolute Gasteiger partial charge is 0.472 e. The van der Waals surface area contributed by atoms with Crippen LogP contribution < -0.4 is 5.32 Å². The van der Waals surface area contributed by atoms with Crippen LogP contribution >= 0.6 is 7.82 Å². The fourth-order valence-corrected chi connectivity index (χ4v) is 10.1. The maximum absolute atomic E-state index is 13.0. The number of carbonyl (C=O) groups is 1. The van der Waals surface area contributed by atoms with Crippen LogP contribution in [0.1, 0.15) is 284 Å². The molecule has 0 fully saturated rings. The van der Waals surface area contributed by atoms with E-state index in [9.17, 15) is 19.4 Å². The van der Waals surface area contributed by atoms with Gasteiger partial charge in [-0.05, 0) is 77.0 Å². The summed E-state index contributed by atoms with van der Waals surface area (Å²) in [6.07, 6.45) is 89.0. The molecule has 462 valence electrons. The number of likely N-dealkylation sites (N-methyl/N-ethyl adjacent to an activating group) is 1. The first kappa shape index (κ1) is 77.2. The van der Waals surface area contributed by atoms with Crippen molar-refractivity contribution in [1.29, 1.82) is 0 Å². The number of hydrogen-bond donors (Lipinski definition) is 3. The highest BCUT2D eigenvalue weighted by molar-refractivity contribution is 7.47. The Morgan fingerprint density at radius 1 is 0.438 bits per heavy atom. The van der Waals surface area contributed by atoms with E-state index in [-0.39, 0.29) is 19.1 Å². The zero-order chi connectivity index (χ0) is 58.4. The standard InChI is InChI=1S/C71H127N2O6P/c1-6-8-10-12-14-16-18-20-22-24-26-28-30-32-34-36-38-40-42-44-46-48-50-52-54-56-58-60-62-64-70(74)69(68-79-80(76,77)78-67-66-73(3,4)5)72-71(75)65-63-61-59-57-55-53-51-49-47-45-43-41-39-37-35-33-31-29-27-25-23-21-19-17-15-13-11-9-7-2/h9,11,15,17,21,23,27,29,33,35,39,41,45,47,51,53,57,59,69-70,74H,6-8,10,12-14,16,18-20,22,24-26,28,30-32,34,36-38,40,42-44,46,48-50,52,54-56,58,60-68H2,1-5H3,(H-,72,75,76,77)/p+1/b11-9-,17-15-,23-21-,29-27-,35-33-,41-39-,47-45-,53-51-,59-57-. The monoisotopic (exact) mass is 1140 g/mol. The third-order valence-electron chi connectivity index (χ3n) is 14.5. The topological polar surface area (TPSA) is 105 Å². The van der Waals surface area contributed by atoms with Crippen LogP contribution in [-0.4, -0.2) is 73.4 Å². The molecule has 3 unspecified atom stereocenters. The maximum Gasteiger partial charge on any atom is 0.472 e. The van der Waals surface area contributed by atoms with Gasteiger partial charge < -0.3 is 19.8 Å². The Morgan fingerprint density at radius 2 is 0.738 bits per heavy atom. The van der Waals surface area contributed by atoms with Crippen molar-refractivity contribution < 1.29 is 32.9 Å². The number of nitrogens with one attached hydrogen (secondary N) is 1. The van der Waals surface area contributed by atoms with E-state index in [1.54, 1.807) is 0 Å². The Labute approximate surface area is 495 Å². The van der Waals surface area contributed by atoms with Crippen molar-refractivity contribution in [2.24, 2.45) is 0 Å². The number of allylic oxidation sites excluding steroid dienone is 18. The molecule has 3 N–H and O–H groups in total. The number of unbranched alkanes of at least 4 members (excludes halogenated alkanes) is 29. The number of hydrogen-bond acceptors (Lipinski definition) is 5. The summed E-state index contributed by atoms with van der Waals surface area (Å²) in [4.78, 5) is 23.4. The minimum atomic E-state index is -4.35. The third kappa shape index (κ3) is 62.8. The first-order valence-electron chi connectivity index (χ1n) is 33.3. The van der Waals surface area contributed by atoms with Crippen molar-refractivity contribution in [2.75, 3.05) is 40.9 Å². The second-order valence-corrected chi connectivity index (χ2v) is 24.9. The molecule has 0 spiro atoms. The molecule has 9 heteroatoms. The molecule has 0 saturated carbocycles. The summed E-state index contributed by atoms with van der Waals surface area (Å²) in [7, 11) is 1.57. The van der Waals surface area contributed by atoms with Crippen LogP contribution in [0.4, 0.5) is 0 Å². The van der Waals surface area contributed by atoms with Crippen molar-refractivity contribution in [3.63, 3.8) is 0 Å². The highest BCUT2D eigenvalue weighted by Crippen LogP contribution is 2.43. The lowest BCUT2D eigenvalue weighted by Crippen LogP contribution is -2.46. The normalized spacial score (nSPS) is 14.4. The Morgan fingerprint density at radius 3 is 1.05 bits per heavy atom. The van der Waals surface area contributed by atoms with Gasteiger partial charge in [0.25, 0.3) is 0 Å². The van der Waals surface area contributed by atoms with Gasteiger partial charge in [-0.2, -0.15) is 0 Å². The molecule has 8 nitrogen and oxygen atoms in total. The predicted octanol–water partition coefficient (Wildman–Crippen LogP) is 21.1. The van der Waals surface area contributed by atoms with Crippen molar-refractivity contribution in [2.45, 2.75) is 296 Å². The predicted molar refractivity (Wildman–Crippen MR) is 350 cm³/mol.